The summed E-state index contributed by atoms with van der Waals surface area (Å²) in [7, 11) is 0. The van der Waals surface area contributed by atoms with Crippen molar-refractivity contribution in [1.82, 2.24) is 14.6 Å². The van der Waals surface area contributed by atoms with Gasteiger partial charge >= 0.3 is 5.97 Å². The van der Waals surface area contributed by atoms with Crippen molar-refractivity contribution in [1.29, 1.82) is 0 Å². The third kappa shape index (κ3) is 4.54. The number of thioether (sulfide) groups is 1. The van der Waals surface area contributed by atoms with E-state index in [2.05, 4.69) is 52.0 Å². The molecule has 1 N–H and O–H groups in total. The molecule has 9 heteroatoms. The number of hydrogen-bond donors (Lipinski definition) is 1. The molecule has 0 fully saturated rings. The maximum Gasteiger partial charge on any atom is 0.341 e. The fourth-order valence-corrected chi connectivity index (χ4v) is 6.90. The lowest BCUT2D eigenvalue weighted by molar-refractivity contribution is -0.115. The summed E-state index contributed by atoms with van der Waals surface area (Å²) in [4.78, 5) is 26.7. The number of esters is 1. The minimum Gasteiger partial charge on any atom is -0.462 e. The summed E-state index contributed by atoms with van der Waals surface area (Å²) >= 11 is 3.03. The van der Waals surface area contributed by atoms with E-state index in [0.717, 1.165) is 58.7 Å². The van der Waals surface area contributed by atoms with Gasteiger partial charge in [-0.05, 0) is 69.2 Å². The Morgan fingerprint density at radius 1 is 1.17 bits per heavy atom. The van der Waals surface area contributed by atoms with E-state index in [0.29, 0.717) is 29.3 Å². The molecule has 0 saturated heterocycles. The minimum absolute atomic E-state index is 0.118. The molecule has 1 aromatic carbocycles. The third-order valence-corrected chi connectivity index (χ3v) is 8.49. The summed E-state index contributed by atoms with van der Waals surface area (Å²) in [5.41, 5.74) is 5.83. The molecule has 5 rings (SSSR count). The number of anilines is 1. The van der Waals surface area contributed by atoms with Gasteiger partial charge in [-0.2, -0.15) is 0 Å². The van der Waals surface area contributed by atoms with E-state index < -0.39 is 0 Å². The van der Waals surface area contributed by atoms with Crippen LogP contribution in [-0.4, -0.2) is 38.8 Å². The molecule has 0 bridgehead atoms. The van der Waals surface area contributed by atoms with Crippen molar-refractivity contribution in [2.75, 3.05) is 17.7 Å². The molecular formula is C26H28N4O3S2. The first kappa shape index (κ1) is 23.8. The molecule has 1 aliphatic rings. The standard InChI is InChI=1S/C26H28N4O3S2/c1-4-33-25(32)22-18-9-5-6-11-19(18)35-24(22)27-21(31)12-13-34-26-29-28-20-14-16(3)17-10-7-8-15(2)23(17)30(20)26/h7-8,10,14H,4-6,9,11-13H2,1-3H3,(H,27,31). The van der Waals surface area contributed by atoms with Gasteiger partial charge in [0.05, 0.1) is 17.7 Å². The third-order valence-electron chi connectivity index (χ3n) is 6.35. The molecule has 0 unspecified atom stereocenters. The molecule has 1 amide bonds. The van der Waals surface area contributed by atoms with Crippen molar-refractivity contribution < 1.29 is 14.3 Å². The van der Waals surface area contributed by atoms with Crippen LogP contribution in [0.15, 0.2) is 29.4 Å². The highest BCUT2D eigenvalue weighted by Gasteiger charge is 2.27. The Morgan fingerprint density at radius 3 is 2.83 bits per heavy atom. The average molecular weight is 509 g/mol. The number of rotatable bonds is 7. The first-order valence-electron chi connectivity index (χ1n) is 12.0. The molecule has 35 heavy (non-hydrogen) atoms. The van der Waals surface area contributed by atoms with Crippen molar-refractivity contribution in [2.45, 2.75) is 58.0 Å². The highest BCUT2D eigenvalue weighted by Crippen LogP contribution is 2.38. The van der Waals surface area contributed by atoms with Gasteiger partial charge in [-0.25, -0.2) is 4.79 Å². The van der Waals surface area contributed by atoms with Crippen LogP contribution in [0.4, 0.5) is 5.00 Å². The largest absolute Gasteiger partial charge is 0.462 e. The first-order valence-corrected chi connectivity index (χ1v) is 13.8. The molecule has 3 heterocycles. The number of benzene rings is 1. The van der Waals surface area contributed by atoms with Crippen LogP contribution < -0.4 is 5.32 Å². The zero-order valence-corrected chi connectivity index (χ0v) is 21.8. The van der Waals surface area contributed by atoms with Crippen LogP contribution in [0.3, 0.4) is 0 Å². The number of nitrogens with one attached hydrogen (secondary N) is 1. The number of nitrogens with zero attached hydrogens (tertiary/aromatic N) is 3. The quantitative estimate of drug-likeness (QED) is 0.253. The number of ether oxygens (including phenoxy) is 1. The van der Waals surface area contributed by atoms with Crippen molar-refractivity contribution in [3.8, 4) is 0 Å². The fraction of sp³-hybridized carbons (Fsp3) is 0.385. The summed E-state index contributed by atoms with van der Waals surface area (Å²) in [5, 5.41) is 14.3. The maximum atomic E-state index is 12.8. The Hall–Kier alpha value is -2.91. The molecule has 7 nitrogen and oxygen atoms in total. The van der Waals surface area contributed by atoms with Gasteiger partial charge in [0, 0.05) is 22.4 Å². The van der Waals surface area contributed by atoms with Gasteiger partial charge in [-0.1, -0.05) is 30.0 Å². The van der Waals surface area contributed by atoms with E-state index in [4.69, 9.17) is 4.74 Å². The lowest BCUT2D eigenvalue weighted by Gasteiger charge is -2.12. The van der Waals surface area contributed by atoms with Gasteiger partial charge in [0.15, 0.2) is 10.8 Å². The topological polar surface area (TPSA) is 85.6 Å². The predicted octanol–water partition coefficient (Wildman–Crippen LogP) is 5.74. The molecule has 0 spiro atoms. The number of aromatic nitrogens is 3. The van der Waals surface area contributed by atoms with Gasteiger partial charge in [-0.3, -0.25) is 9.20 Å². The molecule has 3 aromatic heterocycles. The predicted molar refractivity (Wildman–Crippen MR) is 141 cm³/mol. The van der Waals surface area contributed by atoms with Crippen LogP contribution in [0.25, 0.3) is 16.6 Å². The second-order valence-electron chi connectivity index (χ2n) is 8.76. The van der Waals surface area contributed by atoms with Gasteiger partial charge < -0.3 is 10.1 Å². The molecule has 0 aliphatic heterocycles. The Morgan fingerprint density at radius 2 is 2.00 bits per heavy atom. The second-order valence-corrected chi connectivity index (χ2v) is 10.9. The molecule has 1 aliphatic carbocycles. The van der Waals surface area contributed by atoms with Crippen LogP contribution in [0.2, 0.25) is 0 Å². The Kier molecular flexibility index (Phi) is 6.80. The smallest absolute Gasteiger partial charge is 0.341 e. The number of amides is 1. The molecule has 4 aromatic rings. The number of para-hydroxylation sites is 1. The average Bonchev–Trinajstić information content (AvgIpc) is 3.40. The normalized spacial score (nSPS) is 13.2. The van der Waals surface area contributed by atoms with E-state index in [1.807, 2.05) is 6.07 Å². The van der Waals surface area contributed by atoms with E-state index in [1.165, 1.54) is 33.4 Å². The van der Waals surface area contributed by atoms with Crippen LogP contribution in [0.5, 0.6) is 0 Å². The number of carbonyl (C=O) groups excluding carboxylic acids is 2. The highest BCUT2D eigenvalue weighted by atomic mass is 32.2. The minimum atomic E-state index is -0.343. The lowest BCUT2D eigenvalue weighted by Crippen LogP contribution is -2.16. The van der Waals surface area contributed by atoms with Crippen molar-refractivity contribution in [2.24, 2.45) is 0 Å². The van der Waals surface area contributed by atoms with Crippen LogP contribution in [0, 0.1) is 13.8 Å². The second kappa shape index (κ2) is 9.99. The zero-order valence-electron chi connectivity index (χ0n) is 20.1. The summed E-state index contributed by atoms with van der Waals surface area (Å²) in [5.74, 6) is 0.0876. The van der Waals surface area contributed by atoms with Crippen molar-refractivity contribution in [3.05, 3.63) is 51.4 Å². The van der Waals surface area contributed by atoms with Crippen molar-refractivity contribution >= 4 is 56.5 Å². The van der Waals surface area contributed by atoms with Gasteiger partial charge in [-0.15, -0.1) is 21.5 Å². The Balaban J connectivity index is 1.32. The molecule has 0 saturated carbocycles. The molecular weight excluding hydrogens is 480 g/mol. The van der Waals surface area contributed by atoms with E-state index >= 15 is 0 Å². The van der Waals surface area contributed by atoms with Crippen LogP contribution >= 0.6 is 23.1 Å². The van der Waals surface area contributed by atoms with Gasteiger partial charge in [0.2, 0.25) is 5.91 Å². The summed E-state index contributed by atoms with van der Waals surface area (Å²) in [6, 6.07) is 8.30. The molecule has 182 valence electrons. The Labute approximate surface area is 212 Å². The maximum absolute atomic E-state index is 12.8. The summed E-state index contributed by atoms with van der Waals surface area (Å²) in [6.07, 6.45) is 4.27. The first-order chi connectivity index (χ1) is 17.0. The summed E-state index contributed by atoms with van der Waals surface area (Å²) < 4.78 is 7.37. The van der Waals surface area contributed by atoms with Crippen LogP contribution in [0.1, 0.15) is 58.1 Å². The number of aryl methyl sites for hydroxylation is 3. The molecule has 0 radical (unpaired) electrons. The van der Waals surface area contributed by atoms with E-state index in [-0.39, 0.29) is 11.9 Å². The number of pyridine rings is 1. The molecule has 0 atom stereocenters. The number of thiophene rings is 1. The zero-order chi connectivity index (χ0) is 24.5. The van der Waals surface area contributed by atoms with Gasteiger partial charge in [0.1, 0.15) is 5.00 Å². The van der Waals surface area contributed by atoms with E-state index in [1.54, 1.807) is 6.92 Å². The monoisotopic (exact) mass is 508 g/mol. The van der Waals surface area contributed by atoms with Gasteiger partial charge in [0.25, 0.3) is 0 Å². The highest BCUT2D eigenvalue weighted by molar-refractivity contribution is 7.99. The van der Waals surface area contributed by atoms with Crippen LogP contribution in [-0.2, 0) is 22.4 Å². The van der Waals surface area contributed by atoms with E-state index in [9.17, 15) is 9.59 Å². The summed E-state index contributed by atoms with van der Waals surface area (Å²) in [6.45, 7) is 6.28. The lowest BCUT2D eigenvalue weighted by atomic mass is 9.95. The Bertz CT molecular complexity index is 1440. The number of hydrogen-bond acceptors (Lipinski definition) is 7. The SMILES string of the molecule is CCOC(=O)c1c(NC(=O)CCSc2nnc3cc(C)c4cccc(C)c4n23)sc2c1CCCC2. The fourth-order valence-electron chi connectivity index (χ4n) is 4.72. The number of carbonyl (C=O) groups is 2. The van der Waals surface area contributed by atoms with Crippen molar-refractivity contribution in [3.63, 3.8) is 0 Å². The number of fused-ring (bicyclic) bond motifs is 4.